The van der Waals surface area contributed by atoms with Crippen molar-refractivity contribution in [2.75, 3.05) is 0 Å². The minimum absolute atomic E-state index is 0.0597. The van der Waals surface area contributed by atoms with Crippen LogP contribution < -0.4 is 10.6 Å². The predicted molar refractivity (Wildman–Crippen MR) is 90.1 cm³/mol. The standard InChI is InChI=1S/C13H15Cl2N5O2S/c1-6(2)16-12(22)17-11(21)7(3)23-13-19-18-10-9(15)4-8(14)5-20(10)13/h4-7H,1-3H3,(H2,16,17,21,22)/t7-/m1/s1. The number of carbonyl (C=O) groups is 2. The lowest BCUT2D eigenvalue weighted by atomic mass is 10.4. The second kappa shape index (κ2) is 7.37. The molecule has 0 saturated carbocycles. The number of urea groups is 1. The smallest absolute Gasteiger partial charge is 0.321 e. The molecule has 0 aliphatic heterocycles. The Morgan fingerprint density at radius 2 is 1.96 bits per heavy atom. The van der Waals surface area contributed by atoms with E-state index in [4.69, 9.17) is 23.2 Å². The van der Waals surface area contributed by atoms with E-state index in [-0.39, 0.29) is 6.04 Å². The predicted octanol–water partition coefficient (Wildman–Crippen LogP) is 2.75. The van der Waals surface area contributed by atoms with Crippen molar-refractivity contribution < 1.29 is 9.59 Å². The first-order chi connectivity index (χ1) is 10.8. The quantitative estimate of drug-likeness (QED) is 0.802. The summed E-state index contributed by atoms with van der Waals surface area (Å²) in [5.74, 6) is -0.432. The molecule has 0 aliphatic carbocycles. The first-order valence-electron chi connectivity index (χ1n) is 6.75. The summed E-state index contributed by atoms with van der Waals surface area (Å²) in [4.78, 5) is 23.6. The highest BCUT2D eigenvalue weighted by molar-refractivity contribution is 8.00. The summed E-state index contributed by atoms with van der Waals surface area (Å²) in [5.41, 5.74) is 0.448. The number of carbonyl (C=O) groups excluding carboxylic acids is 2. The molecule has 2 heterocycles. The van der Waals surface area contributed by atoms with Gasteiger partial charge in [-0.25, -0.2) is 4.79 Å². The van der Waals surface area contributed by atoms with Crippen molar-refractivity contribution in [2.45, 2.75) is 37.2 Å². The van der Waals surface area contributed by atoms with Gasteiger partial charge in [0, 0.05) is 12.2 Å². The molecular weight excluding hydrogens is 361 g/mol. The fourth-order valence-electron chi connectivity index (χ4n) is 1.71. The summed E-state index contributed by atoms with van der Waals surface area (Å²) >= 11 is 13.2. The van der Waals surface area contributed by atoms with Crippen molar-refractivity contribution in [3.8, 4) is 0 Å². The number of hydrogen-bond donors (Lipinski definition) is 2. The Morgan fingerprint density at radius 1 is 1.26 bits per heavy atom. The number of nitrogens with zero attached hydrogens (tertiary/aromatic N) is 3. The fourth-order valence-corrected chi connectivity index (χ4v) is 3.04. The lowest BCUT2D eigenvalue weighted by Crippen LogP contribution is -2.45. The van der Waals surface area contributed by atoms with Gasteiger partial charge < -0.3 is 5.32 Å². The van der Waals surface area contributed by atoms with Crippen LogP contribution in [0.15, 0.2) is 17.4 Å². The van der Waals surface area contributed by atoms with Gasteiger partial charge in [0.15, 0.2) is 10.8 Å². The third-order valence-corrected chi connectivity index (χ3v) is 4.24. The zero-order chi connectivity index (χ0) is 17.1. The number of amides is 3. The maximum absolute atomic E-state index is 12.0. The number of hydrogen-bond acceptors (Lipinski definition) is 5. The highest BCUT2D eigenvalue weighted by Gasteiger charge is 2.20. The van der Waals surface area contributed by atoms with Gasteiger partial charge in [0.1, 0.15) is 0 Å². The SMILES string of the molecule is CC(C)NC(=O)NC(=O)[C@@H](C)Sc1nnc2c(Cl)cc(Cl)cn12. The molecule has 0 spiro atoms. The third-order valence-electron chi connectivity index (χ3n) is 2.70. The number of pyridine rings is 1. The van der Waals surface area contributed by atoms with Gasteiger partial charge in [-0.2, -0.15) is 0 Å². The number of rotatable bonds is 4. The Hall–Kier alpha value is -1.51. The van der Waals surface area contributed by atoms with E-state index in [1.807, 2.05) is 0 Å². The van der Waals surface area contributed by atoms with Gasteiger partial charge >= 0.3 is 6.03 Å². The van der Waals surface area contributed by atoms with Crippen molar-refractivity contribution in [1.82, 2.24) is 25.2 Å². The van der Waals surface area contributed by atoms with Crippen LogP contribution in [0.25, 0.3) is 5.65 Å². The molecule has 2 aromatic heterocycles. The van der Waals surface area contributed by atoms with Gasteiger partial charge in [-0.1, -0.05) is 35.0 Å². The summed E-state index contributed by atoms with van der Waals surface area (Å²) in [6.07, 6.45) is 1.61. The molecule has 0 saturated heterocycles. The maximum Gasteiger partial charge on any atom is 0.321 e. The first-order valence-corrected chi connectivity index (χ1v) is 8.39. The van der Waals surface area contributed by atoms with Crippen LogP contribution in [0, 0.1) is 0 Å². The molecule has 3 amide bonds. The molecule has 1 atom stereocenters. The summed E-state index contributed by atoms with van der Waals surface area (Å²) in [6.45, 7) is 5.27. The van der Waals surface area contributed by atoms with Gasteiger partial charge in [-0.05, 0) is 26.8 Å². The molecule has 2 rings (SSSR count). The molecule has 2 N–H and O–H groups in total. The zero-order valence-electron chi connectivity index (χ0n) is 12.6. The Kier molecular flexibility index (Phi) is 5.72. The van der Waals surface area contributed by atoms with Gasteiger partial charge in [0.25, 0.3) is 0 Å². The normalized spacial score (nSPS) is 12.4. The van der Waals surface area contributed by atoms with E-state index in [0.717, 1.165) is 11.8 Å². The Balaban J connectivity index is 2.10. The van der Waals surface area contributed by atoms with Crippen molar-refractivity contribution in [3.05, 3.63) is 22.3 Å². The third kappa shape index (κ3) is 4.49. The zero-order valence-corrected chi connectivity index (χ0v) is 15.0. The molecule has 23 heavy (non-hydrogen) atoms. The molecule has 0 aliphatic rings. The average Bonchev–Trinajstić information content (AvgIpc) is 2.80. The topological polar surface area (TPSA) is 88.4 Å². The van der Waals surface area contributed by atoms with E-state index < -0.39 is 17.2 Å². The van der Waals surface area contributed by atoms with Gasteiger partial charge in [-0.3, -0.25) is 14.5 Å². The van der Waals surface area contributed by atoms with E-state index >= 15 is 0 Å². The average molecular weight is 376 g/mol. The van der Waals surface area contributed by atoms with Crippen LogP contribution in [-0.2, 0) is 4.79 Å². The van der Waals surface area contributed by atoms with Crippen molar-refractivity contribution in [1.29, 1.82) is 0 Å². The minimum Gasteiger partial charge on any atom is -0.336 e. The second-order valence-electron chi connectivity index (χ2n) is 5.06. The molecule has 0 unspecified atom stereocenters. The molecule has 124 valence electrons. The number of nitrogens with one attached hydrogen (secondary N) is 2. The lowest BCUT2D eigenvalue weighted by Gasteiger charge is -2.12. The first kappa shape index (κ1) is 17.8. The Labute approximate surface area is 147 Å². The fraction of sp³-hybridized carbons (Fsp3) is 0.385. The summed E-state index contributed by atoms with van der Waals surface area (Å²) < 4.78 is 1.60. The molecule has 0 radical (unpaired) electrons. The number of halogens is 2. The number of aromatic nitrogens is 3. The monoisotopic (exact) mass is 375 g/mol. The maximum atomic E-state index is 12.0. The van der Waals surface area contributed by atoms with Crippen molar-refractivity contribution in [2.24, 2.45) is 0 Å². The van der Waals surface area contributed by atoms with Crippen molar-refractivity contribution in [3.63, 3.8) is 0 Å². The van der Waals surface area contributed by atoms with Gasteiger partial charge in [0.05, 0.1) is 15.3 Å². The van der Waals surface area contributed by atoms with Crippen LogP contribution in [0.2, 0.25) is 10.0 Å². The number of fused-ring (bicyclic) bond motifs is 1. The van der Waals surface area contributed by atoms with Gasteiger partial charge in [-0.15, -0.1) is 10.2 Å². The Morgan fingerprint density at radius 3 is 2.61 bits per heavy atom. The van der Waals surface area contributed by atoms with Gasteiger partial charge in [0.2, 0.25) is 5.91 Å². The van der Waals surface area contributed by atoms with E-state index in [0.29, 0.717) is 20.8 Å². The van der Waals surface area contributed by atoms with Crippen LogP contribution in [0.5, 0.6) is 0 Å². The molecule has 7 nitrogen and oxygen atoms in total. The molecule has 2 aromatic rings. The van der Waals surface area contributed by atoms with Crippen LogP contribution >= 0.6 is 35.0 Å². The largest absolute Gasteiger partial charge is 0.336 e. The van der Waals surface area contributed by atoms with E-state index in [1.54, 1.807) is 37.4 Å². The Bertz CT molecular complexity index is 749. The second-order valence-corrected chi connectivity index (χ2v) is 7.21. The highest BCUT2D eigenvalue weighted by atomic mass is 35.5. The van der Waals surface area contributed by atoms with E-state index in [9.17, 15) is 9.59 Å². The number of thioether (sulfide) groups is 1. The molecule has 0 fully saturated rings. The van der Waals surface area contributed by atoms with E-state index in [1.165, 1.54) is 0 Å². The van der Waals surface area contributed by atoms with Crippen LogP contribution in [-0.4, -0.2) is 37.8 Å². The van der Waals surface area contributed by atoms with Crippen LogP contribution in [0.4, 0.5) is 4.79 Å². The summed E-state index contributed by atoms with van der Waals surface area (Å²) in [5, 5.41) is 13.5. The summed E-state index contributed by atoms with van der Waals surface area (Å²) in [7, 11) is 0. The van der Waals surface area contributed by atoms with E-state index in [2.05, 4.69) is 20.8 Å². The van der Waals surface area contributed by atoms with Crippen molar-refractivity contribution >= 4 is 52.5 Å². The van der Waals surface area contributed by atoms with Crippen LogP contribution in [0.3, 0.4) is 0 Å². The van der Waals surface area contributed by atoms with Crippen LogP contribution in [0.1, 0.15) is 20.8 Å². The molecule has 10 heteroatoms. The molecule has 0 bridgehead atoms. The lowest BCUT2D eigenvalue weighted by molar-refractivity contribution is -0.119. The molecular formula is C13H15Cl2N5O2S. The highest BCUT2D eigenvalue weighted by Crippen LogP contribution is 2.27. The molecule has 0 aromatic carbocycles. The minimum atomic E-state index is -0.557. The summed E-state index contributed by atoms with van der Waals surface area (Å²) in [6, 6.07) is 0.971. The number of imide groups is 1.